The Morgan fingerprint density at radius 3 is 2.94 bits per heavy atom. The number of hydrogen-bond acceptors (Lipinski definition) is 1. The Labute approximate surface area is 99.0 Å². The summed E-state index contributed by atoms with van der Waals surface area (Å²) in [4.78, 5) is 3.97. The summed E-state index contributed by atoms with van der Waals surface area (Å²) in [6.45, 7) is 4.34. The van der Waals surface area contributed by atoms with Crippen molar-refractivity contribution in [1.29, 1.82) is 0 Å². The summed E-state index contributed by atoms with van der Waals surface area (Å²) < 4.78 is 26.1. The number of aliphatic imine (C=N–C) groups is 1. The Hall–Kier alpha value is -1.91. The molecule has 0 heterocycles. The van der Waals surface area contributed by atoms with E-state index >= 15 is 0 Å². The summed E-state index contributed by atoms with van der Waals surface area (Å²) in [6, 6.07) is 3.36. The van der Waals surface area contributed by atoms with Gasteiger partial charge in [0, 0.05) is 13.1 Å². The maximum atomic E-state index is 13.2. The van der Waals surface area contributed by atoms with E-state index in [0.29, 0.717) is 25.1 Å². The SMILES string of the molecule is C=CCNC(N)=NCCc1cc(F)ccc1F. The molecule has 0 aliphatic heterocycles. The van der Waals surface area contributed by atoms with E-state index in [2.05, 4.69) is 16.9 Å². The zero-order valence-electron chi connectivity index (χ0n) is 9.42. The molecule has 0 aliphatic carbocycles. The lowest BCUT2D eigenvalue weighted by Gasteiger charge is -2.03. The molecule has 0 amide bonds. The van der Waals surface area contributed by atoms with Crippen molar-refractivity contribution in [3.05, 3.63) is 48.1 Å². The van der Waals surface area contributed by atoms with E-state index in [4.69, 9.17) is 5.73 Å². The van der Waals surface area contributed by atoms with Gasteiger partial charge >= 0.3 is 0 Å². The first-order valence-electron chi connectivity index (χ1n) is 5.22. The first kappa shape index (κ1) is 13.2. The summed E-state index contributed by atoms with van der Waals surface area (Å²) in [5.74, 6) is -0.621. The van der Waals surface area contributed by atoms with Crippen molar-refractivity contribution < 1.29 is 8.78 Å². The van der Waals surface area contributed by atoms with E-state index in [1.807, 2.05) is 0 Å². The lowest BCUT2D eigenvalue weighted by molar-refractivity contribution is 0.585. The number of nitrogens with zero attached hydrogens (tertiary/aromatic N) is 1. The average molecular weight is 239 g/mol. The molecule has 0 bridgehead atoms. The first-order chi connectivity index (χ1) is 8.13. The number of rotatable bonds is 5. The number of nitrogens with two attached hydrogens (primary N) is 1. The largest absolute Gasteiger partial charge is 0.370 e. The number of nitrogens with one attached hydrogen (secondary N) is 1. The van der Waals surface area contributed by atoms with Gasteiger partial charge < -0.3 is 11.1 Å². The second kappa shape index (κ2) is 6.62. The van der Waals surface area contributed by atoms with E-state index in [9.17, 15) is 8.78 Å². The topological polar surface area (TPSA) is 50.4 Å². The molecule has 17 heavy (non-hydrogen) atoms. The third-order valence-corrected chi connectivity index (χ3v) is 2.10. The van der Waals surface area contributed by atoms with E-state index < -0.39 is 11.6 Å². The van der Waals surface area contributed by atoms with E-state index in [1.54, 1.807) is 6.08 Å². The predicted molar refractivity (Wildman–Crippen MR) is 64.8 cm³/mol. The van der Waals surface area contributed by atoms with Crippen LogP contribution in [0.25, 0.3) is 0 Å². The van der Waals surface area contributed by atoms with Crippen molar-refractivity contribution in [2.45, 2.75) is 6.42 Å². The molecule has 3 nitrogen and oxygen atoms in total. The van der Waals surface area contributed by atoms with Gasteiger partial charge in [0.1, 0.15) is 11.6 Å². The average Bonchev–Trinajstić information content (AvgIpc) is 2.31. The Bertz CT molecular complexity index is 416. The van der Waals surface area contributed by atoms with Gasteiger partial charge in [0.2, 0.25) is 0 Å². The Kier molecular flexibility index (Phi) is 5.13. The van der Waals surface area contributed by atoms with Gasteiger partial charge in [-0.25, -0.2) is 8.78 Å². The standard InChI is InChI=1S/C12H15F2N3/c1-2-6-16-12(15)17-7-5-9-8-10(13)3-4-11(9)14/h2-4,8H,1,5-7H2,(H3,15,16,17). The Morgan fingerprint density at radius 2 is 2.24 bits per heavy atom. The van der Waals surface area contributed by atoms with Gasteiger partial charge in [-0.15, -0.1) is 6.58 Å². The minimum atomic E-state index is -0.455. The molecule has 1 rings (SSSR count). The summed E-state index contributed by atoms with van der Waals surface area (Å²) in [7, 11) is 0. The molecule has 5 heteroatoms. The molecule has 1 aromatic rings. The lowest BCUT2D eigenvalue weighted by atomic mass is 10.1. The smallest absolute Gasteiger partial charge is 0.188 e. The molecule has 0 atom stereocenters. The second-order valence-corrected chi connectivity index (χ2v) is 3.42. The maximum Gasteiger partial charge on any atom is 0.188 e. The lowest BCUT2D eigenvalue weighted by Crippen LogP contribution is -2.31. The van der Waals surface area contributed by atoms with Crippen molar-refractivity contribution in [3.63, 3.8) is 0 Å². The molecule has 0 radical (unpaired) electrons. The van der Waals surface area contributed by atoms with Crippen LogP contribution in [0.2, 0.25) is 0 Å². The molecule has 0 aliphatic rings. The van der Waals surface area contributed by atoms with Gasteiger partial charge in [-0.1, -0.05) is 6.08 Å². The van der Waals surface area contributed by atoms with Crippen molar-refractivity contribution in [3.8, 4) is 0 Å². The Morgan fingerprint density at radius 1 is 1.47 bits per heavy atom. The van der Waals surface area contributed by atoms with Crippen LogP contribution in [-0.2, 0) is 6.42 Å². The second-order valence-electron chi connectivity index (χ2n) is 3.42. The fourth-order valence-corrected chi connectivity index (χ4v) is 1.26. The molecule has 3 N–H and O–H groups in total. The van der Waals surface area contributed by atoms with E-state index in [-0.39, 0.29) is 5.96 Å². The number of halogens is 2. The minimum Gasteiger partial charge on any atom is -0.370 e. The molecular formula is C12H15F2N3. The predicted octanol–water partition coefficient (Wildman–Crippen LogP) is 1.60. The van der Waals surface area contributed by atoms with Crippen LogP contribution in [0.5, 0.6) is 0 Å². The zero-order valence-corrected chi connectivity index (χ0v) is 9.42. The fourth-order valence-electron chi connectivity index (χ4n) is 1.26. The number of guanidine groups is 1. The number of hydrogen-bond donors (Lipinski definition) is 2. The number of benzene rings is 1. The highest BCUT2D eigenvalue weighted by Crippen LogP contribution is 2.10. The summed E-state index contributed by atoms with van der Waals surface area (Å²) in [5, 5.41) is 2.79. The van der Waals surface area contributed by atoms with E-state index in [1.165, 1.54) is 0 Å². The molecule has 0 unspecified atom stereocenters. The van der Waals surface area contributed by atoms with Crippen LogP contribution in [0.15, 0.2) is 35.8 Å². The van der Waals surface area contributed by atoms with Crippen LogP contribution in [0.3, 0.4) is 0 Å². The summed E-state index contributed by atoms with van der Waals surface area (Å²) >= 11 is 0. The third kappa shape index (κ3) is 4.63. The molecule has 0 saturated heterocycles. The van der Waals surface area contributed by atoms with Crippen LogP contribution in [0, 0.1) is 11.6 Å². The van der Waals surface area contributed by atoms with Crippen molar-refractivity contribution >= 4 is 5.96 Å². The van der Waals surface area contributed by atoms with Gasteiger partial charge in [0.05, 0.1) is 0 Å². The minimum absolute atomic E-state index is 0.265. The van der Waals surface area contributed by atoms with Crippen LogP contribution in [0.1, 0.15) is 5.56 Å². The Balaban J connectivity index is 2.50. The highest BCUT2D eigenvalue weighted by Gasteiger charge is 2.03. The molecule has 0 aromatic heterocycles. The highest BCUT2D eigenvalue weighted by atomic mass is 19.1. The van der Waals surface area contributed by atoms with Crippen LogP contribution in [-0.4, -0.2) is 19.0 Å². The highest BCUT2D eigenvalue weighted by molar-refractivity contribution is 5.77. The molecule has 0 spiro atoms. The summed E-state index contributed by atoms with van der Waals surface area (Å²) in [5.41, 5.74) is 5.81. The molecule has 1 aromatic carbocycles. The van der Waals surface area contributed by atoms with Gasteiger partial charge in [-0.3, -0.25) is 4.99 Å². The molecule has 0 fully saturated rings. The van der Waals surface area contributed by atoms with Gasteiger partial charge in [0.15, 0.2) is 5.96 Å². The van der Waals surface area contributed by atoms with Gasteiger partial charge in [-0.05, 0) is 30.2 Å². The quantitative estimate of drug-likeness (QED) is 0.466. The van der Waals surface area contributed by atoms with Gasteiger partial charge in [0.25, 0.3) is 0 Å². The van der Waals surface area contributed by atoms with Crippen molar-refractivity contribution in [2.24, 2.45) is 10.7 Å². The monoisotopic (exact) mass is 239 g/mol. The maximum absolute atomic E-state index is 13.2. The molecule has 92 valence electrons. The van der Waals surface area contributed by atoms with Crippen molar-refractivity contribution in [2.75, 3.05) is 13.1 Å². The fraction of sp³-hybridized carbons (Fsp3) is 0.250. The zero-order chi connectivity index (χ0) is 12.7. The third-order valence-electron chi connectivity index (χ3n) is 2.10. The first-order valence-corrected chi connectivity index (χ1v) is 5.22. The normalized spacial score (nSPS) is 11.3. The van der Waals surface area contributed by atoms with Crippen LogP contribution < -0.4 is 11.1 Å². The van der Waals surface area contributed by atoms with Crippen molar-refractivity contribution in [1.82, 2.24) is 5.32 Å². The van der Waals surface area contributed by atoms with Crippen LogP contribution in [0.4, 0.5) is 8.78 Å². The van der Waals surface area contributed by atoms with Gasteiger partial charge in [-0.2, -0.15) is 0 Å². The summed E-state index contributed by atoms with van der Waals surface area (Å²) in [6.07, 6.45) is 1.95. The molecule has 0 saturated carbocycles. The van der Waals surface area contributed by atoms with E-state index in [0.717, 1.165) is 18.2 Å². The van der Waals surface area contributed by atoms with Crippen LogP contribution >= 0.6 is 0 Å². The molecular weight excluding hydrogens is 224 g/mol.